The maximum absolute atomic E-state index is 13.1. The van der Waals surface area contributed by atoms with Crippen LogP contribution in [0.15, 0.2) is 72.9 Å². The van der Waals surface area contributed by atoms with Gasteiger partial charge in [0.15, 0.2) is 16.6 Å². The Bertz CT molecular complexity index is 1450. The van der Waals surface area contributed by atoms with E-state index < -0.39 is 29.2 Å². The zero-order chi connectivity index (χ0) is 28.4. The zero-order valence-electron chi connectivity index (χ0n) is 20.3. The summed E-state index contributed by atoms with van der Waals surface area (Å²) in [5.74, 6) is 1.15. The summed E-state index contributed by atoms with van der Waals surface area (Å²) in [6, 6.07) is 15.1. The fourth-order valence-electron chi connectivity index (χ4n) is 3.64. The van der Waals surface area contributed by atoms with Gasteiger partial charge in [0.1, 0.15) is 0 Å². The van der Waals surface area contributed by atoms with Gasteiger partial charge >= 0.3 is 12.4 Å². The van der Waals surface area contributed by atoms with Gasteiger partial charge in [0.25, 0.3) is 0 Å². The molecule has 39 heavy (non-hydrogen) atoms. The first-order valence-electron chi connectivity index (χ1n) is 11.1. The van der Waals surface area contributed by atoms with Crippen LogP contribution in [0.2, 0.25) is 0 Å². The quantitative estimate of drug-likeness (QED) is 0.187. The number of aromatic nitrogens is 2. The summed E-state index contributed by atoms with van der Waals surface area (Å²) in [6.45, 7) is 0. The Balaban J connectivity index is 1.46. The molecule has 0 radical (unpaired) electrons. The number of hydrogen-bond acceptors (Lipinski definition) is 4. The van der Waals surface area contributed by atoms with E-state index in [2.05, 4.69) is 15.7 Å². The largest absolute Gasteiger partial charge is 0.493 e. The number of rotatable bonds is 6. The summed E-state index contributed by atoms with van der Waals surface area (Å²) in [7, 11) is 3.08. The molecule has 0 aliphatic carbocycles. The molecule has 1 heterocycles. The number of thiocarbonyl (C=S) groups is 1. The van der Waals surface area contributed by atoms with E-state index in [1.54, 1.807) is 54.4 Å². The maximum atomic E-state index is 13.1. The van der Waals surface area contributed by atoms with Crippen LogP contribution in [0, 0.1) is 0 Å². The van der Waals surface area contributed by atoms with Crippen LogP contribution in [0.4, 0.5) is 37.7 Å². The first-order valence-corrected chi connectivity index (χ1v) is 11.5. The van der Waals surface area contributed by atoms with Crippen LogP contribution in [0.5, 0.6) is 11.5 Å². The molecule has 13 heteroatoms. The maximum Gasteiger partial charge on any atom is 0.416 e. The van der Waals surface area contributed by atoms with E-state index in [9.17, 15) is 26.3 Å². The number of anilines is 2. The Kier molecular flexibility index (Phi) is 7.72. The third-order valence-corrected chi connectivity index (χ3v) is 5.71. The predicted octanol–water partition coefficient (Wildman–Crippen LogP) is 7.40. The third kappa shape index (κ3) is 6.60. The standard InChI is InChI=1S/C26H20F6N4O2S/c1-37-22-8-3-15(11-23(22)38-2)21-9-10-36(35-21)20-6-4-18(5-7-20)33-24(39)34-19-13-16(25(27,28)29)12-17(14-19)26(30,31)32/h3-14H,1-2H3,(H2,33,34,39). The number of halogens is 6. The van der Waals surface area contributed by atoms with Gasteiger partial charge < -0.3 is 20.1 Å². The first kappa shape index (κ1) is 27.8. The van der Waals surface area contributed by atoms with E-state index >= 15 is 0 Å². The predicted molar refractivity (Wildman–Crippen MR) is 138 cm³/mol. The van der Waals surface area contributed by atoms with E-state index in [4.69, 9.17) is 21.7 Å². The fourth-order valence-corrected chi connectivity index (χ4v) is 3.87. The number of ether oxygens (including phenoxy) is 2. The Labute approximate surface area is 224 Å². The van der Waals surface area contributed by atoms with Crippen molar-refractivity contribution in [3.05, 3.63) is 84.1 Å². The normalized spacial score (nSPS) is 11.7. The van der Waals surface area contributed by atoms with Crippen LogP contribution in [0.3, 0.4) is 0 Å². The molecule has 6 nitrogen and oxygen atoms in total. The van der Waals surface area contributed by atoms with Gasteiger partial charge in [-0.1, -0.05) is 0 Å². The molecular weight excluding hydrogens is 546 g/mol. The van der Waals surface area contributed by atoms with Crippen molar-refractivity contribution in [2.45, 2.75) is 12.4 Å². The zero-order valence-corrected chi connectivity index (χ0v) is 21.1. The van der Waals surface area contributed by atoms with Crippen molar-refractivity contribution in [1.29, 1.82) is 0 Å². The molecule has 4 rings (SSSR count). The number of nitrogens with zero attached hydrogens (tertiary/aromatic N) is 2. The number of hydrogen-bond donors (Lipinski definition) is 2. The molecule has 0 atom stereocenters. The summed E-state index contributed by atoms with van der Waals surface area (Å²) in [6.07, 6.45) is -8.17. The lowest BCUT2D eigenvalue weighted by molar-refractivity contribution is -0.143. The van der Waals surface area contributed by atoms with Gasteiger partial charge in [0, 0.05) is 23.1 Å². The van der Waals surface area contributed by atoms with E-state index in [-0.39, 0.29) is 11.2 Å². The monoisotopic (exact) mass is 566 g/mol. The molecule has 0 fully saturated rings. The number of methoxy groups -OCH3 is 2. The molecule has 0 aliphatic rings. The first-order chi connectivity index (χ1) is 18.4. The summed E-state index contributed by atoms with van der Waals surface area (Å²) >= 11 is 5.09. The van der Waals surface area contributed by atoms with Gasteiger partial charge in [-0.25, -0.2) is 4.68 Å². The van der Waals surface area contributed by atoms with Crippen molar-refractivity contribution >= 4 is 28.7 Å². The van der Waals surface area contributed by atoms with Crippen molar-refractivity contribution in [2.75, 3.05) is 24.9 Å². The van der Waals surface area contributed by atoms with Crippen molar-refractivity contribution in [1.82, 2.24) is 9.78 Å². The smallest absolute Gasteiger partial charge is 0.416 e. The summed E-state index contributed by atoms with van der Waals surface area (Å²) in [5, 5.41) is 9.50. The molecule has 3 aromatic carbocycles. The van der Waals surface area contributed by atoms with Crippen molar-refractivity contribution < 1.29 is 35.8 Å². The summed E-state index contributed by atoms with van der Waals surface area (Å²) in [4.78, 5) is 0. The highest BCUT2D eigenvalue weighted by Crippen LogP contribution is 2.37. The van der Waals surface area contributed by atoms with E-state index in [1.807, 2.05) is 12.1 Å². The van der Waals surface area contributed by atoms with Crippen molar-refractivity contribution in [2.24, 2.45) is 0 Å². The minimum absolute atomic E-state index is 0.0478. The molecule has 1 aromatic heterocycles. The van der Waals surface area contributed by atoms with Gasteiger partial charge in [-0.15, -0.1) is 0 Å². The average Bonchev–Trinajstić information content (AvgIpc) is 3.38. The van der Waals surface area contributed by atoms with E-state index in [1.165, 1.54) is 7.11 Å². The average molecular weight is 567 g/mol. The second-order valence-electron chi connectivity index (χ2n) is 8.14. The van der Waals surface area contributed by atoms with E-state index in [0.29, 0.717) is 40.7 Å². The number of benzene rings is 3. The van der Waals surface area contributed by atoms with Crippen LogP contribution >= 0.6 is 12.2 Å². The van der Waals surface area contributed by atoms with Crippen molar-refractivity contribution in [3.8, 4) is 28.4 Å². The molecular formula is C26H20F6N4O2S. The Morgan fingerprint density at radius 2 is 1.33 bits per heavy atom. The highest BCUT2D eigenvalue weighted by atomic mass is 32.1. The third-order valence-electron chi connectivity index (χ3n) is 5.50. The van der Waals surface area contributed by atoms with Crippen LogP contribution < -0.4 is 20.1 Å². The molecule has 2 N–H and O–H groups in total. The molecule has 0 spiro atoms. The van der Waals surface area contributed by atoms with Gasteiger partial charge in [0.05, 0.1) is 36.7 Å². The Hall–Kier alpha value is -4.26. The van der Waals surface area contributed by atoms with Crippen LogP contribution in [-0.2, 0) is 12.4 Å². The lowest BCUT2D eigenvalue weighted by Gasteiger charge is -2.16. The second kappa shape index (κ2) is 10.8. The minimum Gasteiger partial charge on any atom is -0.493 e. The van der Waals surface area contributed by atoms with Gasteiger partial charge in [-0.05, 0) is 78.9 Å². The highest BCUT2D eigenvalue weighted by Gasteiger charge is 2.37. The van der Waals surface area contributed by atoms with Crippen LogP contribution in [0.1, 0.15) is 11.1 Å². The van der Waals surface area contributed by atoms with Crippen LogP contribution in [-0.4, -0.2) is 29.1 Å². The highest BCUT2D eigenvalue weighted by molar-refractivity contribution is 7.80. The topological polar surface area (TPSA) is 60.3 Å². The minimum atomic E-state index is -4.96. The Morgan fingerprint density at radius 3 is 1.90 bits per heavy atom. The fraction of sp³-hybridized carbons (Fsp3) is 0.154. The molecule has 0 unspecified atom stereocenters. The summed E-state index contributed by atoms with van der Waals surface area (Å²) < 4.78 is 90.8. The lowest BCUT2D eigenvalue weighted by Crippen LogP contribution is -2.20. The molecule has 0 amide bonds. The SMILES string of the molecule is COc1ccc(-c2ccn(-c3ccc(NC(=S)Nc4cc(C(F)(F)F)cc(C(F)(F)F)c4)cc3)n2)cc1OC. The Morgan fingerprint density at radius 1 is 0.744 bits per heavy atom. The molecule has 0 bridgehead atoms. The summed E-state index contributed by atoms with van der Waals surface area (Å²) in [5.41, 5.74) is -0.708. The second-order valence-corrected chi connectivity index (χ2v) is 8.54. The molecule has 204 valence electrons. The van der Waals surface area contributed by atoms with Crippen molar-refractivity contribution in [3.63, 3.8) is 0 Å². The van der Waals surface area contributed by atoms with Crippen LogP contribution in [0.25, 0.3) is 16.9 Å². The lowest BCUT2D eigenvalue weighted by atomic mass is 10.1. The molecule has 0 saturated heterocycles. The molecule has 4 aromatic rings. The van der Waals surface area contributed by atoms with Gasteiger partial charge in [0.2, 0.25) is 0 Å². The molecule has 0 saturated carbocycles. The number of alkyl halides is 6. The van der Waals surface area contributed by atoms with E-state index in [0.717, 1.165) is 5.56 Å². The number of nitrogens with one attached hydrogen (secondary N) is 2. The van der Waals surface area contributed by atoms with Gasteiger partial charge in [-0.2, -0.15) is 31.4 Å². The molecule has 0 aliphatic heterocycles. The van der Waals surface area contributed by atoms with Gasteiger partial charge in [-0.3, -0.25) is 0 Å².